The summed E-state index contributed by atoms with van der Waals surface area (Å²) in [6.45, 7) is 10.1. The van der Waals surface area contributed by atoms with E-state index < -0.39 is 0 Å². The van der Waals surface area contributed by atoms with Gasteiger partial charge in [-0.05, 0) is 64.4 Å². The first-order valence-corrected chi connectivity index (χ1v) is 7.65. The molecule has 1 aromatic rings. The van der Waals surface area contributed by atoms with E-state index in [-0.39, 0.29) is 5.54 Å². The fourth-order valence-electron chi connectivity index (χ4n) is 3.69. The molecule has 0 aromatic heterocycles. The highest BCUT2D eigenvalue weighted by Crippen LogP contribution is 2.68. The Morgan fingerprint density at radius 1 is 1.05 bits per heavy atom. The largest absolute Gasteiger partial charge is 0.311 e. The van der Waals surface area contributed by atoms with Gasteiger partial charge in [0.15, 0.2) is 0 Å². The molecule has 1 aromatic carbocycles. The highest BCUT2D eigenvalue weighted by molar-refractivity contribution is 5.35. The number of hydrogen-bond acceptors (Lipinski definition) is 1. The molecule has 0 aliphatic heterocycles. The Morgan fingerprint density at radius 3 is 2.11 bits per heavy atom. The van der Waals surface area contributed by atoms with Crippen LogP contribution >= 0.6 is 0 Å². The van der Waals surface area contributed by atoms with Crippen molar-refractivity contribution in [2.24, 2.45) is 5.41 Å². The predicted molar refractivity (Wildman–Crippen MR) is 81.5 cm³/mol. The predicted octanol–water partition coefficient (Wildman–Crippen LogP) is 4.19. The van der Waals surface area contributed by atoms with Crippen LogP contribution in [0, 0.1) is 12.3 Å². The van der Waals surface area contributed by atoms with Crippen LogP contribution in [0.2, 0.25) is 0 Å². The van der Waals surface area contributed by atoms with Crippen LogP contribution in [-0.4, -0.2) is 12.1 Å². The lowest BCUT2D eigenvalue weighted by Gasteiger charge is -2.50. The molecule has 0 bridgehead atoms. The maximum atomic E-state index is 3.74. The van der Waals surface area contributed by atoms with Gasteiger partial charge in [-0.15, -0.1) is 0 Å². The zero-order chi connectivity index (χ0) is 13.7. The molecule has 3 rings (SSSR count). The standard InChI is InChI=1S/C18H27N/c1-14-5-7-15(8-6-14)18(13-19-16(2,3)4)11-17(12-18)9-10-17/h5-8,19H,9-13H2,1-4H3. The summed E-state index contributed by atoms with van der Waals surface area (Å²) < 4.78 is 0. The van der Waals surface area contributed by atoms with Gasteiger partial charge in [0.25, 0.3) is 0 Å². The number of nitrogens with one attached hydrogen (secondary N) is 1. The van der Waals surface area contributed by atoms with Crippen molar-refractivity contribution in [2.75, 3.05) is 6.54 Å². The first kappa shape index (κ1) is 13.2. The molecule has 2 aliphatic carbocycles. The molecule has 0 radical (unpaired) electrons. The highest BCUT2D eigenvalue weighted by Gasteiger charge is 2.61. The Morgan fingerprint density at radius 2 is 1.63 bits per heavy atom. The lowest BCUT2D eigenvalue weighted by atomic mass is 9.56. The Hall–Kier alpha value is -0.820. The molecule has 19 heavy (non-hydrogen) atoms. The Kier molecular flexibility index (Phi) is 2.83. The second-order valence-corrected chi connectivity index (χ2v) is 8.10. The number of hydrogen-bond donors (Lipinski definition) is 1. The van der Waals surface area contributed by atoms with Crippen molar-refractivity contribution in [2.45, 2.75) is 64.3 Å². The van der Waals surface area contributed by atoms with Gasteiger partial charge in [-0.3, -0.25) is 0 Å². The normalized spacial score (nSPS) is 23.2. The van der Waals surface area contributed by atoms with Gasteiger partial charge >= 0.3 is 0 Å². The maximum absolute atomic E-state index is 3.74. The third kappa shape index (κ3) is 2.58. The fourth-order valence-corrected chi connectivity index (χ4v) is 3.69. The van der Waals surface area contributed by atoms with E-state index in [0.29, 0.717) is 5.41 Å². The molecule has 2 fully saturated rings. The van der Waals surface area contributed by atoms with Crippen LogP contribution in [0.3, 0.4) is 0 Å². The summed E-state index contributed by atoms with van der Waals surface area (Å²) in [5.41, 5.74) is 4.27. The van der Waals surface area contributed by atoms with Gasteiger partial charge in [0.05, 0.1) is 0 Å². The minimum Gasteiger partial charge on any atom is -0.311 e. The van der Waals surface area contributed by atoms with Gasteiger partial charge in [-0.2, -0.15) is 0 Å². The molecule has 104 valence electrons. The van der Waals surface area contributed by atoms with Crippen molar-refractivity contribution in [3.63, 3.8) is 0 Å². The first-order chi connectivity index (χ1) is 8.83. The van der Waals surface area contributed by atoms with Crippen LogP contribution in [0.5, 0.6) is 0 Å². The smallest absolute Gasteiger partial charge is 0.00968 e. The van der Waals surface area contributed by atoms with Crippen molar-refractivity contribution in [3.05, 3.63) is 35.4 Å². The fraction of sp³-hybridized carbons (Fsp3) is 0.667. The van der Waals surface area contributed by atoms with Crippen LogP contribution in [0.1, 0.15) is 57.6 Å². The molecule has 2 saturated carbocycles. The third-order valence-corrected chi connectivity index (χ3v) is 5.00. The van der Waals surface area contributed by atoms with Crippen LogP contribution in [0.4, 0.5) is 0 Å². The van der Waals surface area contributed by atoms with Crippen LogP contribution in [0.15, 0.2) is 24.3 Å². The van der Waals surface area contributed by atoms with Gasteiger partial charge in [0.2, 0.25) is 0 Å². The van der Waals surface area contributed by atoms with E-state index in [0.717, 1.165) is 12.0 Å². The van der Waals surface area contributed by atoms with Crippen molar-refractivity contribution in [1.82, 2.24) is 5.32 Å². The minimum atomic E-state index is 0.212. The summed E-state index contributed by atoms with van der Waals surface area (Å²) in [6, 6.07) is 9.25. The van der Waals surface area contributed by atoms with E-state index in [1.54, 1.807) is 5.56 Å². The van der Waals surface area contributed by atoms with Crippen molar-refractivity contribution < 1.29 is 0 Å². The molecule has 1 N–H and O–H groups in total. The Bertz CT molecular complexity index is 451. The topological polar surface area (TPSA) is 12.0 Å². The van der Waals surface area contributed by atoms with E-state index in [9.17, 15) is 0 Å². The number of benzene rings is 1. The Balaban J connectivity index is 1.79. The van der Waals surface area contributed by atoms with Gasteiger partial charge in [-0.25, -0.2) is 0 Å². The quantitative estimate of drug-likeness (QED) is 0.856. The molecule has 0 heterocycles. The van der Waals surface area contributed by atoms with Crippen molar-refractivity contribution in [1.29, 1.82) is 0 Å². The molecule has 1 spiro atoms. The van der Waals surface area contributed by atoms with E-state index in [4.69, 9.17) is 0 Å². The summed E-state index contributed by atoms with van der Waals surface area (Å²) >= 11 is 0. The molecular weight excluding hydrogens is 230 g/mol. The van der Waals surface area contributed by atoms with Crippen LogP contribution < -0.4 is 5.32 Å². The summed E-state index contributed by atoms with van der Waals surface area (Å²) in [7, 11) is 0. The lowest BCUT2D eigenvalue weighted by Crippen LogP contribution is -2.53. The van der Waals surface area contributed by atoms with Gasteiger partial charge in [0.1, 0.15) is 0 Å². The van der Waals surface area contributed by atoms with Gasteiger partial charge in [-0.1, -0.05) is 29.8 Å². The highest BCUT2D eigenvalue weighted by atomic mass is 15.0. The maximum Gasteiger partial charge on any atom is 0.00968 e. The van der Waals surface area contributed by atoms with Crippen LogP contribution in [0.25, 0.3) is 0 Å². The average molecular weight is 257 g/mol. The molecule has 0 atom stereocenters. The summed E-state index contributed by atoms with van der Waals surface area (Å²) in [5, 5.41) is 3.74. The SMILES string of the molecule is Cc1ccc(C2(CNC(C)(C)C)CC3(CC3)C2)cc1. The average Bonchev–Trinajstić information content (AvgIpc) is 3.05. The van der Waals surface area contributed by atoms with Crippen molar-refractivity contribution >= 4 is 0 Å². The molecule has 1 heteroatoms. The second-order valence-electron chi connectivity index (χ2n) is 8.10. The lowest BCUT2D eigenvalue weighted by molar-refractivity contribution is 0.108. The number of aryl methyl sites for hydroxylation is 1. The zero-order valence-corrected chi connectivity index (χ0v) is 12.8. The summed E-state index contributed by atoms with van der Waals surface area (Å²) in [5.74, 6) is 0. The van der Waals surface area contributed by atoms with E-state index in [1.165, 1.54) is 31.2 Å². The van der Waals surface area contributed by atoms with Gasteiger partial charge < -0.3 is 5.32 Å². The van der Waals surface area contributed by atoms with E-state index >= 15 is 0 Å². The number of rotatable bonds is 3. The molecule has 0 unspecified atom stereocenters. The third-order valence-electron chi connectivity index (χ3n) is 5.00. The molecular formula is C18H27N. The zero-order valence-electron chi connectivity index (χ0n) is 12.8. The Labute approximate surface area is 117 Å². The minimum absolute atomic E-state index is 0.212. The van der Waals surface area contributed by atoms with Crippen LogP contribution in [-0.2, 0) is 5.41 Å². The summed E-state index contributed by atoms with van der Waals surface area (Å²) in [6.07, 6.45) is 5.73. The monoisotopic (exact) mass is 257 g/mol. The molecule has 0 amide bonds. The first-order valence-electron chi connectivity index (χ1n) is 7.65. The van der Waals surface area contributed by atoms with Crippen molar-refractivity contribution in [3.8, 4) is 0 Å². The molecule has 2 aliphatic rings. The second kappa shape index (κ2) is 4.09. The summed E-state index contributed by atoms with van der Waals surface area (Å²) in [4.78, 5) is 0. The van der Waals surface area contributed by atoms with Gasteiger partial charge in [0, 0.05) is 17.5 Å². The van der Waals surface area contributed by atoms with E-state index in [1.807, 2.05) is 0 Å². The van der Waals surface area contributed by atoms with E-state index in [2.05, 4.69) is 57.3 Å². The molecule has 1 nitrogen and oxygen atoms in total. The molecule has 0 saturated heterocycles.